The van der Waals surface area contributed by atoms with Gasteiger partial charge in [0.2, 0.25) is 11.8 Å². The summed E-state index contributed by atoms with van der Waals surface area (Å²) in [4.78, 5) is 43.0. The highest BCUT2D eigenvalue weighted by Crippen LogP contribution is 2.21. The highest BCUT2D eigenvalue weighted by molar-refractivity contribution is 7.98. The normalized spacial score (nSPS) is 10.6. The number of amides is 2. The molecule has 0 saturated carbocycles. The summed E-state index contributed by atoms with van der Waals surface area (Å²) in [7, 11) is 0. The van der Waals surface area contributed by atoms with E-state index in [1.54, 1.807) is 25.1 Å². The van der Waals surface area contributed by atoms with Gasteiger partial charge in [0, 0.05) is 33.3 Å². The maximum Gasteiger partial charge on any atom is 0.255 e. The molecule has 1 heterocycles. The van der Waals surface area contributed by atoms with Crippen LogP contribution in [-0.4, -0.2) is 21.8 Å². The van der Waals surface area contributed by atoms with Crippen LogP contribution in [0.2, 0.25) is 5.02 Å². The number of nitrogens with one attached hydrogen (secondary N) is 2. The fourth-order valence-electron chi connectivity index (χ4n) is 2.72. The second-order valence-electron chi connectivity index (χ2n) is 6.52. The lowest BCUT2D eigenvalue weighted by atomic mass is 10.1. The van der Waals surface area contributed by atoms with Gasteiger partial charge in [-0.25, -0.2) is 4.98 Å². The first-order valence-electron chi connectivity index (χ1n) is 8.98. The van der Waals surface area contributed by atoms with Crippen molar-refractivity contribution in [1.29, 1.82) is 0 Å². The second kappa shape index (κ2) is 9.60. The van der Waals surface area contributed by atoms with E-state index in [1.165, 1.54) is 23.9 Å². The number of aromatic nitrogens is 2. The minimum absolute atomic E-state index is 0.120. The van der Waals surface area contributed by atoms with Crippen LogP contribution in [0.5, 0.6) is 0 Å². The van der Waals surface area contributed by atoms with Gasteiger partial charge in [0.05, 0.1) is 6.42 Å². The zero-order chi connectivity index (χ0) is 21.7. The number of halogens is 1. The van der Waals surface area contributed by atoms with Crippen LogP contribution in [0.15, 0.2) is 58.5 Å². The molecule has 0 aliphatic heterocycles. The maximum absolute atomic E-state index is 12.5. The van der Waals surface area contributed by atoms with Gasteiger partial charge in [0.25, 0.3) is 5.56 Å². The summed E-state index contributed by atoms with van der Waals surface area (Å²) in [5.41, 5.74) is 7.49. The molecular weight excluding hydrogens is 424 g/mol. The van der Waals surface area contributed by atoms with Crippen LogP contribution >= 0.6 is 23.4 Å². The van der Waals surface area contributed by atoms with Crippen LogP contribution in [0.4, 0.5) is 5.69 Å². The van der Waals surface area contributed by atoms with Crippen molar-refractivity contribution in [3.05, 3.63) is 86.3 Å². The number of H-pyrrole nitrogens is 1. The van der Waals surface area contributed by atoms with Crippen LogP contribution in [0.3, 0.4) is 0 Å². The van der Waals surface area contributed by atoms with Crippen LogP contribution in [0.1, 0.15) is 27.2 Å². The minimum atomic E-state index is -0.547. The fourth-order valence-corrected chi connectivity index (χ4v) is 3.79. The Balaban J connectivity index is 1.65. The molecule has 3 rings (SSSR count). The highest BCUT2D eigenvalue weighted by Gasteiger charge is 2.14. The van der Waals surface area contributed by atoms with E-state index in [1.807, 2.05) is 18.2 Å². The number of carbonyl (C=O) groups is 2. The fraction of sp³-hybridized carbons (Fsp3) is 0.143. The second-order valence-corrected chi connectivity index (χ2v) is 7.92. The Kier molecular flexibility index (Phi) is 6.91. The highest BCUT2D eigenvalue weighted by atomic mass is 35.5. The Morgan fingerprint density at radius 2 is 1.93 bits per heavy atom. The number of hydrogen-bond acceptors (Lipinski definition) is 5. The van der Waals surface area contributed by atoms with Crippen LogP contribution < -0.4 is 16.6 Å². The number of nitrogens with zero attached hydrogens (tertiary/aromatic N) is 1. The lowest BCUT2D eigenvalue weighted by Gasteiger charge is -2.09. The number of carbonyl (C=O) groups excluding carboxylic acids is 2. The lowest BCUT2D eigenvalue weighted by molar-refractivity contribution is -0.115. The summed E-state index contributed by atoms with van der Waals surface area (Å²) in [5.74, 6) is -0.310. The molecule has 0 unspecified atom stereocenters. The summed E-state index contributed by atoms with van der Waals surface area (Å²) in [6.45, 7) is 1.70. The largest absolute Gasteiger partial charge is 0.366 e. The van der Waals surface area contributed by atoms with Crippen molar-refractivity contribution >= 4 is 40.9 Å². The average Bonchev–Trinajstić information content (AvgIpc) is 2.69. The number of benzene rings is 2. The van der Waals surface area contributed by atoms with Crippen molar-refractivity contribution in [3.63, 3.8) is 0 Å². The molecule has 0 bridgehead atoms. The first-order chi connectivity index (χ1) is 14.3. The zero-order valence-electron chi connectivity index (χ0n) is 16.1. The molecule has 0 aliphatic rings. The quantitative estimate of drug-likeness (QED) is 0.383. The molecule has 0 fully saturated rings. The van der Waals surface area contributed by atoms with Gasteiger partial charge in [-0.15, -0.1) is 0 Å². The molecule has 0 radical (unpaired) electrons. The molecule has 7 nitrogen and oxygen atoms in total. The van der Waals surface area contributed by atoms with Gasteiger partial charge in [-0.1, -0.05) is 35.5 Å². The topological polar surface area (TPSA) is 118 Å². The van der Waals surface area contributed by atoms with Crippen LogP contribution in [-0.2, 0) is 17.0 Å². The van der Waals surface area contributed by atoms with Crippen molar-refractivity contribution < 1.29 is 9.59 Å². The average molecular weight is 443 g/mol. The molecular formula is C21H19ClN4O3S. The van der Waals surface area contributed by atoms with Gasteiger partial charge < -0.3 is 16.0 Å². The van der Waals surface area contributed by atoms with Crippen LogP contribution in [0, 0.1) is 6.92 Å². The van der Waals surface area contributed by atoms with E-state index in [9.17, 15) is 14.4 Å². The summed E-state index contributed by atoms with van der Waals surface area (Å²) in [6, 6.07) is 13.6. The minimum Gasteiger partial charge on any atom is -0.366 e. The molecule has 1 aromatic heterocycles. The molecule has 0 atom stereocenters. The number of hydrogen-bond donors (Lipinski definition) is 3. The Morgan fingerprint density at radius 3 is 2.57 bits per heavy atom. The van der Waals surface area contributed by atoms with E-state index < -0.39 is 5.91 Å². The van der Waals surface area contributed by atoms with E-state index in [4.69, 9.17) is 17.3 Å². The predicted molar refractivity (Wildman–Crippen MR) is 118 cm³/mol. The monoisotopic (exact) mass is 442 g/mol. The van der Waals surface area contributed by atoms with Gasteiger partial charge in [-0.2, -0.15) is 0 Å². The molecule has 30 heavy (non-hydrogen) atoms. The number of thioether (sulfide) groups is 1. The Morgan fingerprint density at radius 1 is 1.20 bits per heavy atom. The number of primary amides is 1. The molecule has 9 heteroatoms. The van der Waals surface area contributed by atoms with E-state index in [2.05, 4.69) is 15.3 Å². The van der Waals surface area contributed by atoms with Gasteiger partial charge in [0.15, 0.2) is 5.16 Å². The molecule has 3 aromatic rings. The Bertz CT molecular complexity index is 1150. The molecule has 154 valence electrons. The maximum atomic E-state index is 12.5. The third-order valence-corrected chi connectivity index (χ3v) is 5.44. The summed E-state index contributed by atoms with van der Waals surface area (Å²) in [5, 5.41) is 3.81. The summed E-state index contributed by atoms with van der Waals surface area (Å²) in [6.07, 6.45) is -0.120. The number of rotatable bonds is 7. The van der Waals surface area contributed by atoms with Gasteiger partial charge >= 0.3 is 0 Å². The molecule has 0 spiro atoms. The zero-order valence-corrected chi connectivity index (χ0v) is 17.6. The number of aromatic amines is 1. The lowest BCUT2D eigenvalue weighted by Crippen LogP contribution is -2.23. The first kappa shape index (κ1) is 21.6. The Labute approximate surface area is 182 Å². The Hall–Kier alpha value is -3.10. The van der Waals surface area contributed by atoms with Gasteiger partial charge in [-0.3, -0.25) is 14.4 Å². The summed E-state index contributed by atoms with van der Waals surface area (Å²) < 4.78 is 0. The predicted octanol–water partition coefficient (Wildman–Crippen LogP) is 3.30. The van der Waals surface area contributed by atoms with Crippen molar-refractivity contribution in [2.24, 2.45) is 5.73 Å². The third-order valence-electron chi connectivity index (χ3n) is 4.26. The number of anilines is 1. The standard InChI is InChI=1S/C21H19ClN4O3S/c1-12-17(10-18(27)25-16-7-5-14(6-8-16)19(23)28)20(29)26-21(24-12)30-11-13-3-2-4-15(22)9-13/h2-9H,10-11H2,1H3,(H2,23,28)(H,25,27)(H,24,26,29). The first-order valence-corrected chi connectivity index (χ1v) is 10.3. The number of aryl methyl sites for hydroxylation is 1. The van der Waals surface area contributed by atoms with Crippen molar-refractivity contribution in [1.82, 2.24) is 9.97 Å². The molecule has 2 aromatic carbocycles. The van der Waals surface area contributed by atoms with Gasteiger partial charge in [-0.05, 0) is 48.9 Å². The number of nitrogens with two attached hydrogens (primary N) is 1. The summed E-state index contributed by atoms with van der Waals surface area (Å²) >= 11 is 7.37. The third kappa shape index (κ3) is 5.71. The smallest absolute Gasteiger partial charge is 0.255 e. The van der Waals surface area contributed by atoms with E-state index in [-0.39, 0.29) is 17.9 Å². The van der Waals surface area contributed by atoms with Crippen LogP contribution in [0.25, 0.3) is 0 Å². The van der Waals surface area contributed by atoms with E-state index in [0.717, 1.165) is 5.56 Å². The van der Waals surface area contributed by atoms with Gasteiger partial charge in [0.1, 0.15) is 0 Å². The van der Waals surface area contributed by atoms with Crippen molar-refractivity contribution in [2.45, 2.75) is 24.3 Å². The SMILES string of the molecule is Cc1nc(SCc2cccc(Cl)c2)[nH]c(=O)c1CC(=O)Nc1ccc(C(N)=O)cc1. The molecule has 4 N–H and O–H groups in total. The van der Waals surface area contributed by atoms with Crippen molar-refractivity contribution in [3.8, 4) is 0 Å². The molecule has 0 aliphatic carbocycles. The van der Waals surface area contributed by atoms with Crippen molar-refractivity contribution in [2.75, 3.05) is 5.32 Å². The van der Waals surface area contributed by atoms with E-state index >= 15 is 0 Å². The molecule has 0 saturated heterocycles. The molecule has 2 amide bonds. The van der Waals surface area contributed by atoms with E-state index in [0.29, 0.717) is 38.4 Å².